The Bertz CT molecular complexity index is 640. The minimum atomic E-state index is -1.76. The van der Waals surface area contributed by atoms with Gasteiger partial charge in [-0.1, -0.05) is 6.07 Å². The Hall–Kier alpha value is -1.44. The third-order valence-corrected chi connectivity index (χ3v) is 3.68. The lowest BCUT2D eigenvalue weighted by molar-refractivity contribution is 0.0696. The Kier molecular flexibility index (Phi) is 3.14. The van der Waals surface area contributed by atoms with Gasteiger partial charge in [0.1, 0.15) is 0 Å². The summed E-state index contributed by atoms with van der Waals surface area (Å²) in [6.07, 6.45) is 0. The van der Waals surface area contributed by atoms with E-state index in [9.17, 15) is 16.6 Å². The van der Waals surface area contributed by atoms with Gasteiger partial charge in [0.15, 0.2) is 32.8 Å². The lowest BCUT2D eigenvalue weighted by Gasteiger charge is -2.04. The number of aromatic carboxylic acids is 1. The molecule has 0 bridgehead atoms. The average molecular weight is 350 g/mol. The van der Waals surface area contributed by atoms with E-state index in [0.29, 0.717) is 0 Å². The number of hydrogen-bond acceptors (Lipinski definition) is 2. The molecule has 17 heavy (non-hydrogen) atoms. The Morgan fingerprint density at radius 3 is 2.53 bits per heavy atom. The summed E-state index contributed by atoms with van der Waals surface area (Å²) >= 11 is -1.76. The van der Waals surface area contributed by atoms with Crippen molar-refractivity contribution in [1.29, 1.82) is 0 Å². The highest BCUT2D eigenvalue weighted by molar-refractivity contribution is 14.1. The van der Waals surface area contributed by atoms with Crippen LogP contribution in [0, 0.1) is 15.2 Å². The molecule has 2 aromatic carbocycles. The second-order valence-corrected chi connectivity index (χ2v) is 4.90. The Labute approximate surface area is 105 Å². The smallest absolute Gasteiger partial charge is 0.336 e. The van der Waals surface area contributed by atoms with E-state index < -0.39 is 38.8 Å². The molecular formula is C11H5F2IO3. The lowest BCUT2D eigenvalue weighted by Crippen LogP contribution is -2.00. The summed E-state index contributed by atoms with van der Waals surface area (Å²) in [5.74, 6) is -3.31. The zero-order valence-corrected chi connectivity index (χ0v) is 10.4. The van der Waals surface area contributed by atoms with E-state index >= 15 is 0 Å². The highest BCUT2D eigenvalue weighted by atomic mass is 127. The minimum absolute atomic E-state index is 0.0494. The Balaban J connectivity index is 2.87. The molecule has 0 amide bonds. The van der Waals surface area contributed by atoms with Crippen molar-refractivity contribution in [2.24, 2.45) is 0 Å². The minimum Gasteiger partial charge on any atom is -0.478 e. The highest BCUT2D eigenvalue weighted by Gasteiger charge is 2.15. The lowest BCUT2D eigenvalue weighted by atomic mass is 10.1. The van der Waals surface area contributed by atoms with E-state index in [1.165, 1.54) is 12.1 Å². The second kappa shape index (κ2) is 4.44. The number of hydrogen-bond donors (Lipinski definition) is 1. The first-order valence-corrected chi connectivity index (χ1v) is 6.42. The van der Waals surface area contributed by atoms with Crippen LogP contribution < -0.4 is 0 Å². The van der Waals surface area contributed by atoms with Crippen LogP contribution in [0.3, 0.4) is 0 Å². The summed E-state index contributed by atoms with van der Waals surface area (Å²) in [5.41, 5.74) is -0.133. The topological polar surface area (TPSA) is 54.4 Å². The van der Waals surface area contributed by atoms with Gasteiger partial charge in [-0.2, -0.15) is 0 Å². The van der Waals surface area contributed by atoms with Gasteiger partial charge in [-0.15, -0.1) is 0 Å². The summed E-state index contributed by atoms with van der Waals surface area (Å²) in [6.45, 7) is 0. The van der Waals surface area contributed by atoms with E-state index in [0.717, 1.165) is 12.1 Å². The first-order chi connectivity index (χ1) is 8.04. The van der Waals surface area contributed by atoms with Crippen molar-refractivity contribution in [1.82, 2.24) is 0 Å². The van der Waals surface area contributed by atoms with Crippen LogP contribution >= 0.6 is 21.2 Å². The maximum absolute atomic E-state index is 13.4. The number of carbonyl (C=O) groups is 1. The molecule has 2 aromatic rings. The van der Waals surface area contributed by atoms with Crippen molar-refractivity contribution >= 4 is 37.9 Å². The zero-order valence-electron chi connectivity index (χ0n) is 8.21. The normalized spacial score (nSPS) is 10.7. The second-order valence-electron chi connectivity index (χ2n) is 3.30. The van der Waals surface area contributed by atoms with Crippen LogP contribution in [0.5, 0.6) is 0 Å². The Morgan fingerprint density at radius 1 is 1.24 bits per heavy atom. The van der Waals surface area contributed by atoms with E-state index in [1.54, 1.807) is 0 Å². The van der Waals surface area contributed by atoms with Gasteiger partial charge in [-0.25, -0.2) is 13.6 Å². The van der Waals surface area contributed by atoms with Crippen LogP contribution in [0.15, 0.2) is 24.3 Å². The summed E-state index contributed by atoms with van der Waals surface area (Å²) < 4.78 is 37.4. The van der Waals surface area contributed by atoms with Gasteiger partial charge in [0.25, 0.3) is 0 Å². The van der Waals surface area contributed by atoms with Crippen LogP contribution in [-0.4, -0.2) is 11.1 Å². The van der Waals surface area contributed by atoms with Crippen LogP contribution in [0.4, 0.5) is 8.78 Å². The molecule has 0 aliphatic rings. The molecule has 0 unspecified atom stereocenters. The molecule has 2 rings (SSSR count). The van der Waals surface area contributed by atoms with Gasteiger partial charge in [0, 0.05) is 5.39 Å². The molecule has 1 N–H and O–H groups in total. The molecule has 0 aromatic heterocycles. The number of benzene rings is 2. The molecule has 0 fully saturated rings. The molecule has 0 atom stereocenters. The Morgan fingerprint density at radius 2 is 1.94 bits per heavy atom. The zero-order chi connectivity index (χ0) is 12.6. The fourth-order valence-electron chi connectivity index (χ4n) is 1.51. The van der Waals surface area contributed by atoms with Crippen LogP contribution in [-0.2, 0) is 3.07 Å². The molecule has 0 spiro atoms. The first kappa shape index (κ1) is 12.0. The summed E-state index contributed by atoms with van der Waals surface area (Å²) in [4.78, 5) is 10.9. The largest absolute Gasteiger partial charge is 0.478 e. The molecule has 0 radical (unpaired) electrons. The van der Waals surface area contributed by atoms with Crippen molar-refractivity contribution in [2.45, 2.75) is 0 Å². The van der Waals surface area contributed by atoms with Crippen molar-refractivity contribution in [3.05, 3.63) is 45.0 Å². The van der Waals surface area contributed by atoms with E-state index in [2.05, 4.69) is 0 Å². The van der Waals surface area contributed by atoms with Gasteiger partial charge in [-0.05, 0) is 23.6 Å². The molecule has 0 aliphatic heterocycles. The molecule has 0 aliphatic carbocycles. The maximum Gasteiger partial charge on any atom is 0.336 e. The highest BCUT2D eigenvalue weighted by Crippen LogP contribution is 2.27. The molecule has 0 heterocycles. The first-order valence-electron chi connectivity index (χ1n) is 4.46. The number of halogens is 3. The number of rotatable bonds is 2. The van der Waals surface area contributed by atoms with Gasteiger partial charge < -0.3 is 5.11 Å². The maximum atomic E-state index is 13.4. The van der Waals surface area contributed by atoms with E-state index in [-0.39, 0.29) is 19.9 Å². The van der Waals surface area contributed by atoms with Crippen molar-refractivity contribution in [2.75, 3.05) is 0 Å². The van der Waals surface area contributed by atoms with E-state index in [1.807, 2.05) is 0 Å². The molecule has 3 nitrogen and oxygen atoms in total. The number of carboxylic acid groups (broad SMARTS) is 1. The number of fused-ring (bicyclic) bond motifs is 1. The fraction of sp³-hybridized carbons (Fsp3) is 0. The summed E-state index contributed by atoms with van der Waals surface area (Å²) in [6, 6.07) is 4.55. The molecule has 88 valence electrons. The third kappa shape index (κ3) is 2.04. The van der Waals surface area contributed by atoms with Crippen LogP contribution in [0.2, 0.25) is 0 Å². The van der Waals surface area contributed by atoms with Gasteiger partial charge in [0.2, 0.25) is 0 Å². The van der Waals surface area contributed by atoms with Crippen LogP contribution in [0.1, 0.15) is 10.4 Å². The summed E-state index contributed by atoms with van der Waals surface area (Å²) in [5, 5.41) is 9.10. The van der Waals surface area contributed by atoms with Crippen molar-refractivity contribution in [3.63, 3.8) is 0 Å². The third-order valence-electron chi connectivity index (χ3n) is 2.31. The van der Waals surface area contributed by atoms with E-state index in [4.69, 9.17) is 5.11 Å². The quantitative estimate of drug-likeness (QED) is 0.846. The monoisotopic (exact) mass is 350 g/mol. The molecular weight excluding hydrogens is 345 g/mol. The average Bonchev–Trinajstić information content (AvgIpc) is 2.32. The van der Waals surface area contributed by atoms with Gasteiger partial charge >= 0.3 is 5.97 Å². The van der Waals surface area contributed by atoms with Crippen LogP contribution in [0.25, 0.3) is 10.8 Å². The molecule has 0 saturated heterocycles. The molecule has 0 saturated carbocycles. The SMILES string of the molecule is O=Ic1cc2c(F)c(F)ccc2cc1C(=O)O. The number of carboxylic acids is 1. The standard InChI is InChI=1S/C11H5F2IO3/c12-8-2-1-5-3-7(11(15)16)9(14-17)4-6(5)10(8)13/h1-4H,(H,15,16). The predicted octanol–water partition coefficient (Wildman–Crippen LogP) is 3.30. The van der Waals surface area contributed by atoms with Gasteiger partial charge in [-0.3, -0.25) is 3.07 Å². The fourth-order valence-corrected chi connectivity index (χ4v) is 2.57. The van der Waals surface area contributed by atoms with Crippen molar-refractivity contribution < 1.29 is 21.8 Å². The van der Waals surface area contributed by atoms with Crippen molar-refractivity contribution in [3.8, 4) is 0 Å². The molecule has 6 heteroatoms. The predicted molar refractivity (Wildman–Crippen MR) is 64.2 cm³/mol. The van der Waals surface area contributed by atoms with Gasteiger partial charge in [0.05, 0.1) is 9.13 Å². The summed E-state index contributed by atoms with van der Waals surface area (Å²) in [7, 11) is 0.